The van der Waals surface area contributed by atoms with Crippen LogP contribution >= 0.6 is 0 Å². The van der Waals surface area contributed by atoms with E-state index in [0.29, 0.717) is 19.4 Å². The Kier molecular flexibility index (Phi) is 4.66. The highest BCUT2D eigenvalue weighted by molar-refractivity contribution is 7.91. The largest absolute Gasteiger partial charge is 0.377 e. The van der Waals surface area contributed by atoms with Crippen LogP contribution in [-0.4, -0.2) is 38.4 Å². The maximum atomic E-state index is 12.6. The molecule has 1 saturated carbocycles. The summed E-state index contributed by atoms with van der Waals surface area (Å²) in [7, 11) is -3.02. The van der Waals surface area contributed by atoms with Gasteiger partial charge in [0.2, 0.25) is 0 Å². The molecule has 1 aliphatic heterocycles. The summed E-state index contributed by atoms with van der Waals surface area (Å²) in [6.07, 6.45) is 5.92. The van der Waals surface area contributed by atoms with Gasteiger partial charge in [0, 0.05) is 24.7 Å². The van der Waals surface area contributed by atoms with E-state index in [9.17, 15) is 13.2 Å². The van der Waals surface area contributed by atoms with Crippen molar-refractivity contribution in [1.29, 1.82) is 0 Å². The van der Waals surface area contributed by atoms with Crippen molar-refractivity contribution in [2.75, 3.05) is 12.9 Å². The van der Waals surface area contributed by atoms with Gasteiger partial charge in [-0.05, 0) is 32.1 Å². The van der Waals surface area contributed by atoms with Gasteiger partial charge in [-0.25, -0.2) is 8.42 Å². The summed E-state index contributed by atoms with van der Waals surface area (Å²) >= 11 is 0. The van der Waals surface area contributed by atoms with E-state index < -0.39 is 9.84 Å². The molecule has 4 nitrogen and oxygen atoms in total. The summed E-state index contributed by atoms with van der Waals surface area (Å²) in [4.78, 5) is 12.6. The van der Waals surface area contributed by atoms with Gasteiger partial charge < -0.3 is 4.74 Å². The zero-order valence-corrected chi connectivity index (χ0v) is 12.6. The van der Waals surface area contributed by atoms with E-state index in [4.69, 9.17) is 4.74 Å². The molecule has 0 spiro atoms. The molecular weight excluding hydrogens is 264 g/mol. The molecule has 19 heavy (non-hydrogen) atoms. The minimum atomic E-state index is -3.02. The van der Waals surface area contributed by atoms with Crippen molar-refractivity contribution in [3.63, 3.8) is 0 Å². The van der Waals surface area contributed by atoms with E-state index in [2.05, 4.69) is 0 Å². The van der Waals surface area contributed by atoms with E-state index in [1.165, 1.54) is 6.26 Å². The number of rotatable bonds is 4. The van der Waals surface area contributed by atoms with Gasteiger partial charge in [-0.15, -0.1) is 0 Å². The van der Waals surface area contributed by atoms with Crippen molar-refractivity contribution in [3.8, 4) is 0 Å². The summed E-state index contributed by atoms with van der Waals surface area (Å²) in [5.74, 6) is 0.167. The Labute approximate surface area is 115 Å². The normalized spacial score (nSPS) is 36.3. The maximum absolute atomic E-state index is 12.6. The molecule has 0 aromatic heterocycles. The molecule has 1 heterocycles. The second-order valence-electron chi connectivity index (χ2n) is 5.93. The second-order valence-corrected chi connectivity index (χ2v) is 8.26. The zero-order valence-electron chi connectivity index (χ0n) is 11.8. The predicted octanol–water partition coefficient (Wildman–Crippen LogP) is 1.97. The lowest BCUT2D eigenvalue weighted by Crippen LogP contribution is -2.36. The summed E-state index contributed by atoms with van der Waals surface area (Å²) in [6, 6.07) is 0. The second kappa shape index (κ2) is 5.92. The van der Waals surface area contributed by atoms with Gasteiger partial charge in [0.05, 0.1) is 11.4 Å². The summed E-state index contributed by atoms with van der Waals surface area (Å²) in [5.41, 5.74) is 0. The standard InChI is InChI=1S/C14H24O4S/c1-3-13-12(7-8-18-13)14(15)10-5-4-6-11(9-10)19(2,16)17/h10-13H,3-9H2,1-2H3. The van der Waals surface area contributed by atoms with Gasteiger partial charge in [-0.3, -0.25) is 4.79 Å². The van der Waals surface area contributed by atoms with Crippen LogP contribution in [0.1, 0.15) is 45.4 Å². The average Bonchev–Trinajstić information content (AvgIpc) is 2.85. The molecule has 0 bridgehead atoms. The molecule has 0 aromatic rings. The predicted molar refractivity (Wildman–Crippen MR) is 73.7 cm³/mol. The van der Waals surface area contributed by atoms with Crippen LogP contribution in [-0.2, 0) is 19.4 Å². The van der Waals surface area contributed by atoms with E-state index in [1.807, 2.05) is 6.92 Å². The van der Waals surface area contributed by atoms with Crippen molar-refractivity contribution in [3.05, 3.63) is 0 Å². The third-order valence-electron chi connectivity index (χ3n) is 4.61. The van der Waals surface area contributed by atoms with Gasteiger partial charge in [0.15, 0.2) is 0 Å². The Hall–Kier alpha value is -0.420. The highest BCUT2D eigenvalue weighted by Crippen LogP contribution is 2.34. The molecule has 4 unspecified atom stereocenters. The van der Waals surface area contributed by atoms with Crippen LogP contribution in [0.3, 0.4) is 0 Å². The lowest BCUT2D eigenvalue weighted by atomic mass is 9.79. The Morgan fingerprint density at radius 3 is 2.63 bits per heavy atom. The van der Waals surface area contributed by atoms with Crippen molar-refractivity contribution in [1.82, 2.24) is 0 Å². The maximum Gasteiger partial charge on any atom is 0.150 e. The van der Waals surface area contributed by atoms with Crippen molar-refractivity contribution >= 4 is 15.6 Å². The molecule has 0 N–H and O–H groups in total. The van der Waals surface area contributed by atoms with Crippen molar-refractivity contribution in [2.24, 2.45) is 11.8 Å². The first-order valence-corrected chi connectivity index (χ1v) is 9.23. The molecule has 0 amide bonds. The molecule has 4 atom stereocenters. The van der Waals surface area contributed by atoms with Crippen LogP contribution < -0.4 is 0 Å². The first-order valence-electron chi connectivity index (χ1n) is 7.27. The fraction of sp³-hybridized carbons (Fsp3) is 0.929. The Bertz CT molecular complexity index is 429. The van der Waals surface area contributed by atoms with Crippen LogP contribution in [0.15, 0.2) is 0 Å². The van der Waals surface area contributed by atoms with E-state index in [-0.39, 0.29) is 29.0 Å². The summed E-state index contributed by atoms with van der Waals surface area (Å²) in [6.45, 7) is 2.70. The summed E-state index contributed by atoms with van der Waals surface area (Å²) < 4.78 is 28.9. The molecule has 5 heteroatoms. The highest BCUT2D eigenvalue weighted by Gasteiger charge is 2.39. The third-order valence-corrected chi connectivity index (χ3v) is 6.25. The number of sulfone groups is 1. The Morgan fingerprint density at radius 2 is 2.00 bits per heavy atom. The van der Waals surface area contributed by atoms with E-state index >= 15 is 0 Å². The Morgan fingerprint density at radius 1 is 1.26 bits per heavy atom. The molecule has 2 fully saturated rings. The van der Waals surface area contributed by atoms with Crippen LogP contribution in [0, 0.1) is 11.8 Å². The number of Topliss-reactive ketones (excluding diaryl/α,β-unsaturated/α-hetero) is 1. The van der Waals surface area contributed by atoms with E-state index in [0.717, 1.165) is 25.7 Å². The molecule has 2 aliphatic rings. The molecule has 110 valence electrons. The van der Waals surface area contributed by atoms with Gasteiger partial charge in [0.1, 0.15) is 15.6 Å². The van der Waals surface area contributed by atoms with Crippen molar-refractivity contribution < 1.29 is 17.9 Å². The number of ether oxygens (including phenoxy) is 1. The minimum Gasteiger partial charge on any atom is -0.377 e. The van der Waals surface area contributed by atoms with Crippen LogP contribution in [0.25, 0.3) is 0 Å². The number of carbonyl (C=O) groups is 1. The average molecular weight is 288 g/mol. The fourth-order valence-corrected chi connectivity index (χ4v) is 4.65. The SMILES string of the molecule is CCC1OCCC1C(=O)C1CCCC(S(C)(=O)=O)C1. The monoisotopic (exact) mass is 288 g/mol. The lowest BCUT2D eigenvalue weighted by molar-refractivity contribution is -0.129. The topological polar surface area (TPSA) is 60.4 Å². The number of hydrogen-bond donors (Lipinski definition) is 0. The number of carbonyl (C=O) groups excluding carboxylic acids is 1. The summed E-state index contributed by atoms with van der Waals surface area (Å²) in [5, 5.41) is -0.322. The smallest absolute Gasteiger partial charge is 0.150 e. The first kappa shape index (κ1) is 15.0. The highest BCUT2D eigenvalue weighted by atomic mass is 32.2. The molecular formula is C14H24O4S. The molecule has 1 saturated heterocycles. The lowest BCUT2D eigenvalue weighted by Gasteiger charge is -2.29. The quantitative estimate of drug-likeness (QED) is 0.793. The first-order chi connectivity index (χ1) is 8.93. The fourth-order valence-electron chi connectivity index (χ4n) is 3.47. The molecule has 0 radical (unpaired) electrons. The van der Waals surface area contributed by atoms with Crippen LogP contribution in [0.2, 0.25) is 0 Å². The number of ketones is 1. The molecule has 1 aliphatic carbocycles. The molecule has 2 rings (SSSR count). The van der Waals surface area contributed by atoms with Gasteiger partial charge in [0.25, 0.3) is 0 Å². The van der Waals surface area contributed by atoms with Crippen LogP contribution in [0.5, 0.6) is 0 Å². The van der Waals surface area contributed by atoms with Gasteiger partial charge in [-0.1, -0.05) is 13.3 Å². The van der Waals surface area contributed by atoms with Gasteiger partial charge >= 0.3 is 0 Å². The van der Waals surface area contributed by atoms with E-state index in [1.54, 1.807) is 0 Å². The minimum absolute atomic E-state index is 0.00619. The zero-order chi connectivity index (χ0) is 14.0. The third kappa shape index (κ3) is 3.37. The van der Waals surface area contributed by atoms with Gasteiger partial charge in [-0.2, -0.15) is 0 Å². The number of hydrogen-bond acceptors (Lipinski definition) is 4. The molecule has 0 aromatic carbocycles. The van der Waals surface area contributed by atoms with Crippen LogP contribution in [0.4, 0.5) is 0 Å². The Balaban J connectivity index is 2.03. The van der Waals surface area contributed by atoms with Crippen molar-refractivity contribution in [2.45, 2.75) is 56.8 Å².